The molecule has 1 amide bonds. The van der Waals surface area contributed by atoms with Crippen LogP contribution in [0.2, 0.25) is 0 Å². The average Bonchev–Trinajstić information content (AvgIpc) is 2.78. The molecule has 0 radical (unpaired) electrons. The highest BCUT2D eigenvalue weighted by atomic mass is 16.1. The van der Waals surface area contributed by atoms with Crippen molar-refractivity contribution < 1.29 is 4.79 Å². The van der Waals surface area contributed by atoms with E-state index < -0.39 is 0 Å². The molecule has 1 saturated heterocycles. The third kappa shape index (κ3) is 7.98. The van der Waals surface area contributed by atoms with E-state index in [1.165, 1.54) is 62.7 Å². The number of carbonyl (C=O) groups is 1. The number of hydrogen-bond acceptors (Lipinski definition) is 3. The van der Waals surface area contributed by atoms with Crippen molar-refractivity contribution in [3.05, 3.63) is 35.4 Å². The Hall–Kier alpha value is -2.08. The largest absolute Gasteiger partial charge is 0.356 e. The Balaban J connectivity index is 1.32. The quantitative estimate of drug-likeness (QED) is 0.452. The second kappa shape index (κ2) is 12.6. The molecule has 0 unspecified atom stereocenters. The molecular formula is C24H39N5O. The van der Waals surface area contributed by atoms with Gasteiger partial charge in [0.1, 0.15) is 0 Å². The minimum atomic E-state index is 0.133. The number of piperidine rings is 1. The van der Waals surface area contributed by atoms with Crippen LogP contribution in [0.4, 0.5) is 0 Å². The maximum Gasteiger partial charge on any atom is 0.221 e. The number of likely N-dealkylation sites (tertiary alicyclic amines) is 1. The normalized spacial score (nSPS) is 18.8. The number of nitrogens with zero attached hydrogens (tertiary/aromatic N) is 2. The highest BCUT2D eigenvalue weighted by Gasteiger charge is 2.15. The topological polar surface area (TPSA) is 68.8 Å². The van der Waals surface area contributed by atoms with Crippen LogP contribution >= 0.6 is 0 Å². The van der Waals surface area contributed by atoms with Crippen molar-refractivity contribution in [2.75, 3.05) is 26.7 Å². The molecular weight excluding hydrogens is 374 g/mol. The van der Waals surface area contributed by atoms with Gasteiger partial charge < -0.3 is 16.0 Å². The number of benzene rings is 1. The lowest BCUT2D eigenvalue weighted by atomic mass is 9.95. The van der Waals surface area contributed by atoms with Gasteiger partial charge in [-0.3, -0.25) is 14.7 Å². The Morgan fingerprint density at radius 2 is 1.63 bits per heavy atom. The highest BCUT2D eigenvalue weighted by Crippen LogP contribution is 2.17. The van der Waals surface area contributed by atoms with Crippen LogP contribution in [0.15, 0.2) is 29.3 Å². The van der Waals surface area contributed by atoms with E-state index in [4.69, 9.17) is 0 Å². The van der Waals surface area contributed by atoms with Crippen LogP contribution in [-0.2, 0) is 17.9 Å². The van der Waals surface area contributed by atoms with Crippen LogP contribution in [0.1, 0.15) is 68.9 Å². The number of amides is 1. The zero-order valence-corrected chi connectivity index (χ0v) is 18.6. The van der Waals surface area contributed by atoms with Gasteiger partial charge in [0.2, 0.25) is 5.91 Å². The summed E-state index contributed by atoms with van der Waals surface area (Å²) >= 11 is 0. The predicted octanol–water partition coefficient (Wildman–Crippen LogP) is 3.18. The molecule has 1 aliphatic heterocycles. The molecule has 2 fully saturated rings. The lowest BCUT2D eigenvalue weighted by Gasteiger charge is -2.26. The molecule has 0 aromatic heterocycles. The fourth-order valence-corrected chi connectivity index (χ4v) is 4.39. The van der Waals surface area contributed by atoms with E-state index >= 15 is 0 Å². The van der Waals surface area contributed by atoms with Crippen LogP contribution in [0.25, 0.3) is 0 Å². The van der Waals surface area contributed by atoms with E-state index in [2.05, 4.69) is 50.1 Å². The molecule has 1 heterocycles. The van der Waals surface area contributed by atoms with E-state index in [0.29, 0.717) is 19.0 Å². The first-order chi connectivity index (χ1) is 14.7. The van der Waals surface area contributed by atoms with Crippen LogP contribution in [0.3, 0.4) is 0 Å². The molecule has 6 nitrogen and oxygen atoms in total. The van der Waals surface area contributed by atoms with Crippen molar-refractivity contribution in [1.29, 1.82) is 0 Å². The smallest absolute Gasteiger partial charge is 0.221 e. The molecule has 1 aliphatic carbocycles. The summed E-state index contributed by atoms with van der Waals surface area (Å²) in [4.78, 5) is 18.9. The van der Waals surface area contributed by atoms with E-state index in [1.807, 2.05) is 0 Å². The summed E-state index contributed by atoms with van der Waals surface area (Å²) in [5, 5.41) is 9.74. The van der Waals surface area contributed by atoms with Gasteiger partial charge in [-0.1, -0.05) is 49.9 Å². The molecule has 3 rings (SSSR count). The molecule has 0 spiro atoms. The maximum absolute atomic E-state index is 12.1. The summed E-state index contributed by atoms with van der Waals surface area (Å²) in [7, 11) is 1.76. The van der Waals surface area contributed by atoms with Crippen molar-refractivity contribution in [3.63, 3.8) is 0 Å². The summed E-state index contributed by atoms with van der Waals surface area (Å²) in [6, 6.07) is 9.23. The van der Waals surface area contributed by atoms with Crippen LogP contribution in [0, 0.1) is 0 Å². The maximum atomic E-state index is 12.1. The summed E-state index contributed by atoms with van der Waals surface area (Å²) in [6.07, 6.45) is 10.5. The molecule has 1 saturated carbocycles. The van der Waals surface area contributed by atoms with Crippen LogP contribution in [0.5, 0.6) is 0 Å². The number of carbonyl (C=O) groups excluding carboxylic acids is 1. The van der Waals surface area contributed by atoms with Crippen molar-refractivity contribution in [2.24, 2.45) is 4.99 Å². The first kappa shape index (κ1) is 22.6. The lowest BCUT2D eigenvalue weighted by Crippen LogP contribution is -2.41. The molecule has 1 aromatic carbocycles. The molecule has 6 heteroatoms. The zero-order chi connectivity index (χ0) is 21.0. The van der Waals surface area contributed by atoms with E-state index in [9.17, 15) is 4.79 Å². The Morgan fingerprint density at radius 1 is 0.967 bits per heavy atom. The van der Waals surface area contributed by atoms with Gasteiger partial charge >= 0.3 is 0 Å². The minimum absolute atomic E-state index is 0.133. The molecule has 2 aliphatic rings. The van der Waals surface area contributed by atoms with Gasteiger partial charge in [0.15, 0.2) is 5.96 Å². The first-order valence-electron chi connectivity index (χ1n) is 11.8. The van der Waals surface area contributed by atoms with Gasteiger partial charge in [-0.2, -0.15) is 0 Å². The van der Waals surface area contributed by atoms with Gasteiger partial charge in [0.25, 0.3) is 0 Å². The van der Waals surface area contributed by atoms with Crippen molar-refractivity contribution >= 4 is 11.9 Å². The van der Waals surface area contributed by atoms with Crippen molar-refractivity contribution in [2.45, 2.75) is 76.9 Å². The fourth-order valence-electron chi connectivity index (χ4n) is 4.39. The molecule has 166 valence electrons. The number of hydrogen-bond donors (Lipinski definition) is 3. The zero-order valence-electron chi connectivity index (χ0n) is 18.6. The molecule has 3 N–H and O–H groups in total. The summed E-state index contributed by atoms with van der Waals surface area (Å²) in [6.45, 7) is 4.82. The molecule has 0 bridgehead atoms. The van der Waals surface area contributed by atoms with Gasteiger partial charge in [-0.05, 0) is 49.9 Å². The van der Waals surface area contributed by atoms with Gasteiger partial charge in [0, 0.05) is 39.1 Å². The first-order valence-corrected chi connectivity index (χ1v) is 11.8. The van der Waals surface area contributed by atoms with E-state index in [-0.39, 0.29) is 5.91 Å². The SMILES string of the molecule is CN=C(NCCC(=O)NC1CCCCC1)NCc1ccc(CN2CCCCC2)cc1. The van der Waals surface area contributed by atoms with Gasteiger partial charge in [0.05, 0.1) is 0 Å². The molecule has 1 aromatic rings. The Morgan fingerprint density at radius 3 is 2.33 bits per heavy atom. The summed E-state index contributed by atoms with van der Waals surface area (Å²) < 4.78 is 0. The highest BCUT2D eigenvalue weighted by molar-refractivity contribution is 5.81. The lowest BCUT2D eigenvalue weighted by molar-refractivity contribution is -0.121. The van der Waals surface area contributed by atoms with Crippen LogP contribution < -0.4 is 16.0 Å². The van der Waals surface area contributed by atoms with E-state index in [0.717, 1.165) is 31.9 Å². The number of nitrogens with one attached hydrogen (secondary N) is 3. The molecule has 0 atom stereocenters. The fraction of sp³-hybridized carbons (Fsp3) is 0.667. The van der Waals surface area contributed by atoms with E-state index in [1.54, 1.807) is 7.05 Å². The Labute approximate surface area is 181 Å². The molecule has 30 heavy (non-hydrogen) atoms. The third-order valence-electron chi connectivity index (χ3n) is 6.18. The second-order valence-corrected chi connectivity index (χ2v) is 8.66. The third-order valence-corrected chi connectivity index (χ3v) is 6.18. The summed E-state index contributed by atoms with van der Waals surface area (Å²) in [5.41, 5.74) is 2.61. The standard InChI is InChI=1S/C24H39N5O/c1-25-24(26-15-14-23(30)28-22-8-4-2-5-9-22)27-18-20-10-12-21(13-11-20)19-29-16-6-3-7-17-29/h10-13,22H,2-9,14-19H2,1H3,(H,28,30)(H2,25,26,27). The number of rotatable bonds is 8. The summed E-state index contributed by atoms with van der Waals surface area (Å²) in [5.74, 6) is 0.868. The second-order valence-electron chi connectivity index (χ2n) is 8.66. The van der Waals surface area contributed by atoms with Crippen molar-refractivity contribution in [3.8, 4) is 0 Å². The minimum Gasteiger partial charge on any atom is -0.356 e. The number of guanidine groups is 1. The Bertz CT molecular complexity index is 661. The van der Waals surface area contributed by atoms with Gasteiger partial charge in [-0.15, -0.1) is 0 Å². The Kier molecular flexibility index (Phi) is 9.48. The predicted molar refractivity (Wildman–Crippen MR) is 123 cm³/mol. The number of aliphatic imine (C=N–C) groups is 1. The van der Waals surface area contributed by atoms with Gasteiger partial charge in [-0.25, -0.2) is 0 Å². The average molecular weight is 414 g/mol. The van der Waals surface area contributed by atoms with Crippen molar-refractivity contribution in [1.82, 2.24) is 20.9 Å². The monoisotopic (exact) mass is 413 g/mol. The van der Waals surface area contributed by atoms with Crippen LogP contribution in [-0.4, -0.2) is 49.5 Å².